The molecular weight excluding hydrogens is 325 g/mol. The molecule has 1 aromatic carbocycles. The van der Waals surface area contributed by atoms with E-state index < -0.39 is 5.97 Å². The third kappa shape index (κ3) is 3.51. The molecule has 3 rings (SSSR count). The molecule has 0 fully saturated rings. The van der Waals surface area contributed by atoms with Gasteiger partial charge in [-0.3, -0.25) is 9.67 Å². The number of methoxy groups -OCH3 is 1. The Morgan fingerprint density at radius 2 is 2.20 bits per heavy atom. The van der Waals surface area contributed by atoms with E-state index in [1.54, 1.807) is 23.0 Å². The summed E-state index contributed by atoms with van der Waals surface area (Å²) in [5.41, 5.74) is 2.50. The maximum absolute atomic E-state index is 13.7. The zero-order valence-electron chi connectivity index (χ0n) is 13.8. The summed E-state index contributed by atoms with van der Waals surface area (Å²) < 4.78 is 20.3. The number of benzene rings is 1. The van der Waals surface area contributed by atoms with Crippen molar-refractivity contribution in [2.45, 2.75) is 19.4 Å². The fourth-order valence-corrected chi connectivity index (χ4v) is 2.80. The number of esters is 1. The molecule has 7 heteroatoms. The van der Waals surface area contributed by atoms with Crippen molar-refractivity contribution in [2.24, 2.45) is 0 Å². The largest absolute Gasteiger partial charge is 0.465 e. The molecule has 0 aliphatic carbocycles. The van der Waals surface area contributed by atoms with E-state index in [9.17, 15) is 9.18 Å². The third-order valence-corrected chi connectivity index (χ3v) is 3.98. The highest BCUT2D eigenvalue weighted by Gasteiger charge is 2.16. The number of halogens is 1. The van der Waals surface area contributed by atoms with Crippen LogP contribution in [0, 0.1) is 5.82 Å². The number of fused-ring (bicyclic) bond motifs is 1. The van der Waals surface area contributed by atoms with E-state index in [0.717, 1.165) is 5.52 Å². The molecule has 0 bridgehead atoms. The van der Waals surface area contributed by atoms with Gasteiger partial charge in [-0.25, -0.2) is 9.18 Å². The van der Waals surface area contributed by atoms with Gasteiger partial charge in [-0.05, 0) is 36.2 Å². The highest BCUT2D eigenvalue weighted by Crippen LogP contribution is 2.24. The Balaban J connectivity index is 2.05. The zero-order chi connectivity index (χ0) is 17.8. The molecule has 0 aliphatic rings. The van der Waals surface area contributed by atoms with E-state index in [1.165, 1.54) is 25.4 Å². The number of ether oxygens (including phenoxy) is 1. The highest BCUT2D eigenvalue weighted by molar-refractivity contribution is 5.91. The monoisotopic (exact) mass is 343 g/mol. The van der Waals surface area contributed by atoms with Crippen molar-refractivity contribution in [2.75, 3.05) is 13.7 Å². The predicted octanol–water partition coefficient (Wildman–Crippen LogP) is 2.33. The molecular formula is C18H18FN3O3. The Bertz CT molecular complexity index is 908. The lowest BCUT2D eigenvalue weighted by Crippen LogP contribution is -2.07. The number of pyridine rings is 1. The van der Waals surface area contributed by atoms with Crippen LogP contribution in [-0.2, 0) is 17.7 Å². The van der Waals surface area contributed by atoms with Crippen LogP contribution in [0.5, 0.6) is 0 Å². The summed E-state index contributed by atoms with van der Waals surface area (Å²) in [5.74, 6) is -0.803. The van der Waals surface area contributed by atoms with Gasteiger partial charge < -0.3 is 9.84 Å². The van der Waals surface area contributed by atoms with Gasteiger partial charge in [-0.15, -0.1) is 0 Å². The highest BCUT2D eigenvalue weighted by atomic mass is 19.1. The Morgan fingerprint density at radius 3 is 2.96 bits per heavy atom. The number of aliphatic hydroxyl groups is 1. The van der Waals surface area contributed by atoms with E-state index in [1.807, 2.05) is 0 Å². The summed E-state index contributed by atoms with van der Waals surface area (Å²) in [5, 5.41) is 14.3. The normalized spacial score (nSPS) is 11.0. The van der Waals surface area contributed by atoms with Gasteiger partial charge in [0.25, 0.3) is 0 Å². The molecule has 0 saturated heterocycles. The van der Waals surface area contributed by atoms with E-state index >= 15 is 0 Å². The second kappa shape index (κ2) is 7.40. The number of carbonyl (C=O) groups is 1. The fourth-order valence-electron chi connectivity index (χ4n) is 2.80. The van der Waals surface area contributed by atoms with Crippen LogP contribution < -0.4 is 0 Å². The van der Waals surface area contributed by atoms with Crippen LogP contribution in [0.4, 0.5) is 4.39 Å². The first-order valence-electron chi connectivity index (χ1n) is 7.91. The van der Waals surface area contributed by atoms with Crippen LogP contribution in [0.2, 0.25) is 0 Å². The molecule has 0 spiro atoms. The topological polar surface area (TPSA) is 77.2 Å². The smallest absolute Gasteiger partial charge is 0.338 e. The van der Waals surface area contributed by atoms with Gasteiger partial charge in [0.05, 0.1) is 23.9 Å². The molecule has 3 aromatic rings. The molecule has 1 N–H and O–H groups in total. The number of aryl methyl sites for hydroxylation is 1. The van der Waals surface area contributed by atoms with E-state index in [4.69, 9.17) is 9.84 Å². The van der Waals surface area contributed by atoms with Crippen molar-refractivity contribution in [1.82, 2.24) is 14.8 Å². The van der Waals surface area contributed by atoms with Crippen molar-refractivity contribution in [3.8, 4) is 0 Å². The Kier molecular flexibility index (Phi) is 5.04. The second-order valence-corrected chi connectivity index (χ2v) is 5.61. The average molecular weight is 343 g/mol. The van der Waals surface area contributed by atoms with E-state index in [-0.39, 0.29) is 12.4 Å². The molecule has 130 valence electrons. The van der Waals surface area contributed by atoms with Crippen LogP contribution in [0.25, 0.3) is 10.9 Å². The standard InChI is InChI=1S/C18H18FN3O3/c1-25-18(24)14-5-6-20-11-12(14)9-16-15-10-13(19)3-4-17(15)22(21-16)7-2-8-23/h3-6,10-11,23H,2,7-9H2,1H3. The molecule has 0 amide bonds. The lowest BCUT2D eigenvalue weighted by molar-refractivity contribution is 0.0599. The zero-order valence-corrected chi connectivity index (χ0v) is 13.8. The molecule has 0 aliphatic heterocycles. The minimum atomic E-state index is -0.451. The maximum atomic E-state index is 13.7. The van der Waals surface area contributed by atoms with Gasteiger partial charge in [0.15, 0.2) is 0 Å². The first-order chi connectivity index (χ1) is 12.1. The average Bonchev–Trinajstić information content (AvgIpc) is 2.96. The van der Waals surface area contributed by atoms with Crippen LogP contribution in [-0.4, -0.2) is 39.6 Å². The summed E-state index contributed by atoms with van der Waals surface area (Å²) in [4.78, 5) is 16.0. The van der Waals surface area contributed by atoms with Crippen LogP contribution in [0.3, 0.4) is 0 Å². The van der Waals surface area contributed by atoms with E-state index in [0.29, 0.717) is 41.6 Å². The van der Waals surface area contributed by atoms with Crippen molar-refractivity contribution in [1.29, 1.82) is 0 Å². The van der Waals surface area contributed by atoms with Gasteiger partial charge in [0, 0.05) is 37.4 Å². The first kappa shape index (κ1) is 17.0. The molecule has 2 heterocycles. The lowest BCUT2D eigenvalue weighted by Gasteiger charge is -2.06. The lowest BCUT2D eigenvalue weighted by atomic mass is 10.0. The summed E-state index contributed by atoms with van der Waals surface area (Å²) in [6, 6.07) is 6.07. The van der Waals surface area contributed by atoms with Crippen molar-refractivity contribution < 1.29 is 19.0 Å². The SMILES string of the molecule is COC(=O)c1ccncc1Cc1nn(CCCO)c2ccc(F)cc12. The second-order valence-electron chi connectivity index (χ2n) is 5.61. The van der Waals surface area contributed by atoms with Crippen LogP contribution in [0.15, 0.2) is 36.7 Å². The van der Waals surface area contributed by atoms with Crippen LogP contribution in [0.1, 0.15) is 28.0 Å². The van der Waals surface area contributed by atoms with Gasteiger partial charge in [0.1, 0.15) is 5.82 Å². The fraction of sp³-hybridized carbons (Fsp3) is 0.278. The molecule has 0 radical (unpaired) electrons. The number of carbonyl (C=O) groups excluding carboxylic acids is 1. The Morgan fingerprint density at radius 1 is 1.36 bits per heavy atom. The molecule has 25 heavy (non-hydrogen) atoms. The summed E-state index contributed by atoms with van der Waals surface area (Å²) in [6.07, 6.45) is 3.98. The van der Waals surface area contributed by atoms with Gasteiger partial charge in [-0.2, -0.15) is 5.10 Å². The van der Waals surface area contributed by atoms with Gasteiger partial charge in [-0.1, -0.05) is 0 Å². The maximum Gasteiger partial charge on any atom is 0.338 e. The van der Waals surface area contributed by atoms with Crippen molar-refractivity contribution in [3.05, 3.63) is 59.3 Å². The summed E-state index contributed by atoms with van der Waals surface area (Å²) in [7, 11) is 1.32. The van der Waals surface area contributed by atoms with Crippen LogP contribution >= 0.6 is 0 Å². The molecule has 0 atom stereocenters. The number of hydrogen-bond acceptors (Lipinski definition) is 5. The number of aromatic nitrogens is 3. The number of hydrogen-bond donors (Lipinski definition) is 1. The molecule has 0 saturated carbocycles. The number of rotatable bonds is 6. The molecule has 6 nitrogen and oxygen atoms in total. The number of aliphatic hydroxyl groups excluding tert-OH is 1. The van der Waals surface area contributed by atoms with Gasteiger partial charge in [0.2, 0.25) is 0 Å². The van der Waals surface area contributed by atoms with Gasteiger partial charge >= 0.3 is 5.97 Å². The first-order valence-corrected chi connectivity index (χ1v) is 7.91. The van der Waals surface area contributed by atoms with Crippen molar-refractivity contribution >= 4 is 16.9 Å². The Hall–Kier alpha value is -2.80. The quantitative estimate of drug-likeness (QED) is 0.695. The van der Waals surface area contributed by atoms with Crippen molar-refractivity contribution in [3.63, 3.8) is 0 Å². The van der Waals surface area contributed by atoms with E-state index in [2.05, 4.69) is 10.1 Å². The molecule has 2 aromatic heterocycles. The number of nitrogens with zero attached hydrogens (tertiary/aromatic N) is 3. The molecule has 0 unspecified atom stereocenters. The summed E-state index contributed by atoms with van der Waals surface area (Å²) >= 11 is 0. The Labute approximate surface area is 143 Å². The minimum absolute atomic E-state index is 0.0486. The third-order valence-electron chi connectivity index (χ3n) is 3.98. The predicted molar refractivity (Wildman–Crippen MR) is 89.8 cm³/mol. The summed E-state index contributed by atoms with van der Waals surface area (Å²) in [6.45, 7) is 0.572. The minimum Gasteiger partial charge on any atom is -0.465 e.